The van der Waals surface area contributed by atoms with Crippen molar-refractivity contribution in [3.63, 3.8) is 0 Å². The Kier molecular flexibility index (Phi) is 2.84. The van der Waals surface area contributed by atoms with Gasteiger partial charge >= 0.3 is 0 Å². The van der Waals surface area contributed by atoms with Gasteiger partial charge in [0.15, 0.2) is 17.2 Å². The predicted octanol–water partition coefficient (Wildman–Crippen LogP) is 2.09. The summed E-state index contributed by atoms with van der Waals surface area (Å²) < 4.78 is 8.21. The van der Waals surface area contributed by atoms with Gasteiger partial charge in [-0.25, -0.2) is 0 Å². The molecule has 0 unspecified atom stereocenters. The van der Waals surface area contributed by atoms with Crippen molar-refractivity contribution < 1.29 is 9.53 Å². The predicted molar refractivity (Wildman–Crippen MR) is 74.1 cm³/mol. The van der Waals surface area contributed by atoms with E-state index in [0.717, 1.165) is 31.7 Å². The SMILES string of the molecule is O=C1CC2(CCNCC2)Oc2cn(C3CCCC3)nc21. The maximum absolute atomic E-state index is 12.4. The van der Waals surface area contributed by atoms with Gasteiger partial charge in [-0.15, -0.1) is 0 Å². The highest BCUT2D eigenvalue weighted by molar-refractivity contribution is 5.98. The molecular weight excluding hydrogens is 254 g/mol. The maximum atomic E-state index is 12.4. The molecule has 5 heteroatoms. The number of hydrogen-bond acceptors (Lipinski definition) is 4. The van der Waals surface area contributed by atoms with Crippen molar-refractivity contribution in [3.8, 4) is 5.75 Å². The van der Waals surface area contributed by atoms with Gasteiger partial charge < -0.3 is 10.1 Å². The van der Waals surface area contributed by atoms with E-state index in [9.17, 15) is 4.79 Å². The summed E-state index contributed by atoms with van der Waals surface area (Å²) in [6.45, 7) is 1.86. The summed E-state index contributed by atoms with van der Waals surface area (Å²) in [6, 6.07) is 0.459. The minimum Gasteiger partial charge on any atom is -0.483 e. The molecule has 3 heterocycles. The van der Waals surface area contributed by atoms with E-state index in [1.165, 1.54) is 25.7 Å². The maximum Gasteiger partial charge on any atom is 0.190 e. The van der Waals surface area contributed by atoms with Crippen molar-refractivity contribution in [2.75, 3.05) is 13.1 Å². The van der Waals surface area contributed by atoms with Crippen molar-refractivity contribution in [2.45, 2.75) is 56.6 Å². The Bertz CT molecular complexity index is 525. The lowest BCUT2D eigenvalue weighted by Crippen LogP contribution is -2.49. The van der Waals surface area contributed by atoms with Crippen LogP contribution in [0.15, 0.2) is 6.20 Å². The fourth-order valence-electron chi connectivity index (χ4n) is 3.81. The van der Waals surface area contributed by atoms with Crippen LogP contribution in [0.3, 0.4) is 0 Å². The molecule has 108 valence electrons. The van der Waals surface area contributed by atoms with E-state index in [2.05, 4.69) is 10.4 Å². The summed E-state index contributed by atoms with van der Waals surface area (Å²) in [5, 5.41) is 7.85. The molecule has 0 radical (unpaired) electrons. The number of aromatic nitrogens is 2. The minimum atomic E-state index is -0.279. The normalized spacial score (nSPS) is 25.7. The van der Waals surface area contributed by atoms with Crippen molar-refractivity contribution in [1.29, 1.82) is 0 Å². The van der Waals surface area contributed by atoms with Crippen LogP contribution in [0.1, 0.15) is 61.5 Å². The molecule has 20 heavy (non-hydrogen) atoms. The van der Waals surface area contributed by atoms with E-state index < -0.39 is 0 Å². The zero-order valence-corrected chi connectivity index (χ0v) is 11.7. The molecule has 0 bridgehead atoms. The minimum absolute atomic E-state index is 0.157. The molecule has 1 saturated carbocycles. The second-order valence-corrected chi connectivity index (χ2v) is 6.40. The Labute approximate surface area is 118 Å². The van der Waals surface area contributed by atoms with Crippen LogP contribution in [0.4, 0.5) is 0 Å². The average Bonchev–Trinajstić information content (AvgIpc) is 3.07. The molecule has 1 N–H and O–H groups in total. The monoisotopic (exact) mass is 275 g/mol. The number of carbonyl (C=O) groups is 1. The van der Waals surface area contributed by atoms with Crippen LogP contribution in [-0.2, 0) is 0 Å². The number of piperidine rings is 1. The second-order valence-electron chi connectivity index (χ2n) is 6.40. The van der Waals surface area contributed by atoms with Crippen molar-refractivity contribution in [3.05, 3.63) is 11.9 Å². The Hall–Kier alpha value is -1.36. The van der Waals surface area contributed by atoms with Gasteiger partial charge in [-0.2, -0.15) is 5.10 Å². The third-order valence-corrected chi connectivity index (χ3v) is 4.99. The Morgan fingerprint density at radius 2 is 2.05 bits per heavy atom. The molecule has 1 spiro atoms. The Morgan fingerprint density at radius 3 is 2.80 bits per heavy atom. The lowest BCUT2D eigenvalue weighted by atomic mass is 9.84. The van der Waals surface area contributed by atoms with Gasteiger partial charge in [0, 0.05) is 12.8 Å². The molecular formula is C15H21N3O2. The van der Waals surface area contributed by atoms with Crippen molar-refractivity contribution in [2.24, 2.45) is 0 Å². The number of nitrogens with zero attached hydrogens (tertiary/aromatic N) is 2. The van der Waals surface area contributed by atoms with E-state index in [4.69, 9.17) is 4.74 Å². The first-order valence-electron chi connectivity index (χ1n) is 7.78. The number of hydrogen-bond donors (Lipinski definition) is 1. The van der Waals surface area contributed by atoms with Crippen molar-refractivity contribution >= 4 is 5.78 Å². The second kappa shape index (κ2) is 4.58. The van der Waals surface area contributed by atoms with E-state index in [-0.39, 0.29) is 11.4 Å². The summed E-state index contributed by atoms with van der Waals surface area (Å²) >= 11 is 0. The Morgan fingerprint density at radius 1 is 1.30 bits per heavy atom. The molecule has 1 aromatic rings. The summed E-state index contributed by atoms with van der Waals surface area (Å²) in [6.07, 6.45) is 9.14. The third kappa shape index (κ3) is 1.95. The summed E-state index contributed by atoms with van der Waals surface area (Å²) in [7, 11) is 0. The first-order valence-corrected chi connectivity index (χ1v) is 7.78. The average molecular weight is 275 g/mol. The number of Topliss-reactive ketones (excluding diaryl/α,β-unsaturated/α-hetero) is 1. The molecule has 0 amide bonds. The van der Waals surface area contributed by atoms with Crippen LogP contribution in [0.25, 0.3) is 0 Å². The third-order valence-electron chi connectivity index (χ3n) is 4.99. The standard InChI is InChI=1S/C15H21N3O2/c19-12-9-15(5-7-16-8-6-15)20-13-10-18(17-14(12)13)11-3-1-2-4-11/h10-11,16H,1-9H2. The highest BCUT2D eigenvalue weighted by Crippen LogP contribution is 2.39. The topological polar surface area (TPSA) is 56.1 Å². The van der Waals surface area contributed by atoms with Crippen LogP contribution in [0, 0.1) is 0 Å². The van der Waals surface area contributed by atoms with Crippen LogP contribution >= 0.6 is 0 Å². The zero-order valence-electron chi connectivity index (χ0n) is 11.7. The van der Waals surface area contributed by atoms with Crippen molar-refractivity contribution in [1.82, 2.24) is 15.1 Å². The molecule has 3 aliphatic rings. The highest BCUT2D eigenvalue weighted by atomic mass is 16.5. The molecule has 1 aliphatic carbocycles. The fraction of sp³-hybridized carbons (Fsp3) is 0.733. The van der Waals surface area contributed by atoms with Gasteiger partial charge in [-0.3, -0.25) is 9.48 Å². The largest absolute Gasteiger partial charge is 0.483 e. The summed E-state index contributed by atoms with van der Waals surface area (Å²) in [4.78, 5) is 12.4. The van der Waals surface area contributed by atoms with Crippen LogP contribution < -0.4 is 10.1 Å². The molecule has 0 atom stereocenters. The van der Waals surface area contributed by atoms with Gasteiger partial charge in [0.1, 0.15) is 5.60 Å². The smallest absolute Gasteiger partial charge is 0.190 e. The summed E-state index contributed by atoms with van der Waals surface area (Å²) in [5.41, 5.74) is 0.278. The number of nitrogens with one attached hydrogen (secondary N) is 1. The van der Waals surface area contributed by atoms with E-state index in [1.807, 2.05) is 10.9 Å². The number of ketones is 1. The van der Waals surface area contributed by atoms with Gasteiger partial charge in [-0.05, 0) is 25.9 Å². The van der Waals surface area contributed by atoms with E-state index in [1.54, 1.807) is 0 Å². The molecule has 1 saturated heterocycles. The first-order chi connectivity index (χ1) is 9.76. The van der Waals surface area contributed by atoms with Crippen LogP contribution in [-0.4, -0.2) is 34.3 Å². The van der Waals surface area contributed by atoms with E-state index in [0.29, 0.717) is 18.2 Å². The van der Waals surface area contributed by atoms with Crippen LogP contribution in [0.5, 0.6) is 5.75 Å². The number of rotatable bonds is 1. The lowest BCUT2D eigenvalue weighted by molar-refractivity contribution is 0.0185. The number of fused-ring (bicyclic) bond motifs is 1. The number of carbonyl (C=O) groups excluding carboxylic acids is 1. The molecule has 4 rings (SSSR count). The van der Waals surface area contributed by atoms with Crippen LogP contribution in [0.2, 0.25) is 0 Å². The first kappa shape index (κ1) is 12.4. The fourth-order valence-corrected chi connectivity index (χ4v) is 3.81. The molecule has 2 aliphatic heterocycles. The Balaban J connectivity index is 1.64. The zero-order chi connectivity index (χ0) is 13.6. The van der Waals surface area contributed by atoms with Gasteiger partial charge in [0.25, 0.3) is 0 Å². The molecule has 2 fully saturated rings. The quantitative estimate of drug-likeness (QED) is 0.852. The number of ether oxygens (including phenoxy) is 1. The van der Waals surface area contributed by atoms with Gasteiger partial charge in [0.05, 0.1) is 18.7 Å². The molecule has 5 nitrogen and oxygen atoms in total. The lowest BCUT2D eigenvalue weighted by Gasteiger charge is -2.39. The molecule has 1 aromatic heterocycles. The van der Waals surface area contributed by atoms with Gasteiger partial charge in [0.2, 0.25) is 0 Å². The van der Waals surface area contributed by atoms with E-state index >= 15 is 0 Å². The molecule has 0 aromatic carbocycles. The van der Waals surface area contributed by atoms with Gasteiger partial charge in [-0.1, -0.05) is 12.8 Å². The highest BCUT2D eigenvalue weighted by Gasteiger charge is 2.43. The summed E-state index contributed by atoms with van der Waals surface area (Å²) in [5.74, 6) is 0.875.